The van der Waals surface area contributed by atoms with Gasteiger partial charge in [-0.05, 0) is 44.2 Å². The Morgan fingerprint density at radius 1 is 1.17 bits per heavy atom. The number of hydrogen-bond donors (Lipinski definition) is 1. The summed E-state index contributed by atoms with van der Waals surface area (Å²) in [5, 5.41) is 4.92. The number of benzene rings is 1. The summed E-state index contributed by atoms with van der Waals surface area (Å²) in [5.41, 5.74) is 2.27. The molecule has 4 rings (SSSR count). The topological polar surface area (TPSA) is 43.6 Å². The first-order valence-corrected chi connectivity index (χ1v) is 8.68. The number of para-hydroxylation sites is 1. The predicted molar refractivity (Wildman–Crippen MR) is 89.5 cm³/mol. The fourth-order valence-electron chi connectivity index (χ4n) is 3.92. The van der Waals surface area contributed by atoms with Gasteiger partial charge in [-0.2, -0.15) is 0 Å². The van der Waals surface area contributed by atoms with Gasteiger partial charge in [0.1, 0.15) is 11.3 Å². The zero-order valence-electron chi connectivity index (χ0n) is 13.8. The molecule has 23 heavy (non-hydrogen) atoms. The van der Waals surface area contributed by atoms with Crippen LogP contribution in [0.25, 0.3) is 11.0 Å². The lowest BCUT2D eigenvalue weighted by molar-refractivity contribution is -0.140. The van der Waals surface area contributed by atoms with Gasteiger partial charge < -0.3 is 19.2 Å². The first-order valence-electron chi connectivity index (χ1n) is 8.68. The molecule has 3 heterocycles. The van der Waals surface area contributed by atoms with E-state index in [-0.39, 0.29) is 5.60 Å². The first kappa shape index (κ1) is 15.2. The van der Waals surface area contributed by atoms with Crippen molar-refractivity contribution in [2.75, 3.05) is 19.8 Å². The molecule has 4 heteroatoms. The summed E-state index contributed by atoms with van der Waals surface area (Å²) in [5.74, 6) is 1.05. The van der Waals surface area contributed by atoms with Gasteiger partial charge in [-0.1, -0.05) is 18.2 Å². The Morgan fingerprint density at radius 2 is 2.00 bits per heavy atom. The Hall–Kier alpha value is -1.36. The third-order valence-electron chi connectivity index (χ3n) is 5.39. The summed E-state index contributed by atoms with van der Waals surface area (Å²) in [4.78, 5) is 0. The van der Waals surface area contributed by atoms with Crippen LogP contribution >= 0.6 is 0 Å². The molecular formula is C19H25NO3. The van der Waals surface area contributed by atoms with Gasteiger partial charge in [0.15, 0.2) is 0 Å². The van der Waals surface area contributed by atoms with Crippen LogP contribution < -0.4 is 5.32 Å². The van der Waals surface area contributed by atoms with Gasteiger partial charge in [-0.25, -0.2) is 0 Å². The Bertz CT molecular complexity index is 667. The quantitative estimate of drug-likeness (QED) is 0.940. The average Bonchev–Trinajstić information content (AvgIpc) is 2.90. The van der Waals surface area contributed by atoms with Crippen molar-refractivity contribution in [2.45, 2.75) is 50.8 Å². The Kier molecular flexibility index (Phi) is 4.14. The number of nitrogens with one attached hydrogen (secondary N) is 1. The second-order valence-corrected chi connectivity index (χ2v) is 6.86. The van der Waals surface area contributed by atoms with Gasteiger partial charge in [0.25, 0.3) is 0 Å². The molecule has 1 aromatic carbocycles. The summed E-state index contributed by atoms with van der Waals surface area (Å²) in [7, 11) is 0. The smallest absolute Gasteiger partial charge is 0.134 e. The van der Waals surface area contributed by atoms with Crippen molar-refractivity contribution in [3.8, 4) is 0 Å². The van der Waals surface area contributed by atoms with Crippen molar-refractivity contribution in [3.05, 3.63) is 35.6 Å². The summed E-state index contributed by atoms with van der Waals surface area (Å²) >= 11 is 0. The van der Waals surface area contributed by atoms with Crippen LogP contribution in [0, 0.1) is 6.92 Å². The fraction of sp³-hybridized carbons (Fsp3) is 0.579. The van der Waals surface area contributed by atoms with E-state index in [4.69, 9.17) is 13.9 Å². The van der Waals surface area contributed by atoms with E-state index in [1.807, 2.05) is 12.1 Å². The molecule has 124 valence electrons. The maximum atomic E-state index is 6.12. The third-order valence-corrected chi connectivity index (χ3v) is 5.39. The highest BCUT2D eigenvalue weighted by Crippen LogP contribution is 2.34. The molecule has 0 saturated carbocycles. The summed E-state index contributed by atoms with van der Waals surface area (Å²) < 4.78 is 17.6. The van der Waals surface area contributed by atoms with Gasteiger partial charge in [0, 0.05) is 31.2 Å². The molecule has 2 aliphatic heterocycles. The summed E-state index contributed by atoms with van der Waals surface area (Å²) in [6.07, 6.45) is 4.20. The summed E-state index contributed by atoms with van der Waals surface area (Å²) in [6.45, 7) is 5.44. The molecular weight excluding hydrogens is 290 g/mol. The highest BCUT2D eigenvalue weighted by molar-refractivity contribution is 5.81. The normalized spacial score (nSPS) is 24.3. The number of rotatable bonds is 3. The van der Waals surface area contributed by atoms with E-state index in [9.17, 15) is 0 Å². The summed E-state index contributed by atoms with van der Waals surface area (Å²) in [6, 6.07) is 8.75. The molecule has 2 aliphatic rings. The molecule has 0 radical (unpaired) electrons. The van der Waals surface area contributed by atoms with E-state index in [1.54, 1.807) is 0 Å². The highest BCUT2D eigenvalue weighted by atomic mass is 16.5. The minimum Gasteiger partial charge on any atom is -0.459 e. The average molecular weight is 315 g/mol. The van der Waals surface area contributed by atoms with E-state index in [1.165, 1.54) is 10.9 Å². The van der Waals surface area contributed by atoms with Gasteiger partial charge in [0.2, 0.25) is 0 Å². The van der Waals surface area contributed by atoms with E-state index >= 15 is 0 Å². The monoisotopic (exact) mass is 315 g/mol. The maximum Gasteiger partial charge on any atom is 0.134 e. The van der Waals surface area contributed by atoms with Crippen LogP contribution in [-0.2, 0) is 16.0 Å². The number of ether oxygens (including phenoxy) is 2. The van der Waals surface area contributed by atoms with Gasteiger partial charge in [0.05, 0.1) is 12.1 Å². The van der Waals surface area contributed by atoms with E-state index < -0.39 is 0 Å². The van der Waals surface area contributed by atoms with Gasteiger partial charge >= 0.3 is 0 Å². The molecule has 0 bridgehead atoms. The Balaban J connectivity index is 1.42. The molecule has 1 atom stereocenters. The lowest BCUT2D eigenvalue weighted by Gasteiger charge is -2.43. The van der Waals surface area contributed by atoms with Gasteiger partial charge in [-0.3, -0.25) is 0 Å². The Labute approximate surface area is 137 Å². The number of aryl methyl sites for hydroxylation is 1. The van der Waals surface area contributed by atoms with Crippen molar-refractivity contribution in [3.63, 3.8) is 0 Å². The lowest BCUT2D eigenvalue weighted by Crippen LogP contribution is -2.49. The molecule has 0 unspecified atom stereocenters. The molecule has 1 N–H and O–H groups in total. The largest absolute Gasteiger partial charge is 0.459 e. The van der Waals surface area contributed by atoms with Crippen molar-refractivity contribution in [1.29, 1.82) is 0 Å². The zero-order valence-corrected chi connectivity index (χ0v) is 13.8. The number of furan rings is 1. The molecule has 4 nitrogen and oxygen atoms in total. The van der Waals surface area contributed by atoms with Crippen LogP contribution in [0.15, 0.2) is 28.7 Å². The van der Waals surface area contributed by atoms with Crippen LogP contribution in [0.1, 0.15) is 37.0 Å². The first-order chi connectivity index (χ1) is 11.3. The molecule has 2 fully saturated rings. The predicted octanol–water partition coefficient (Wildman–Crippen LogP) is 3.56. The van der Waals surface area contributed by atoms with Crippen LogP contribution in [0.2, 0.25) is 0 Å². The van der Waals surface area contributed by atoms with Gasteiger partial charge in [-0.15, -0.1) is 0 Å². The van der Waals surface area contributed by atoms with Crippen LogP contribution in [0.3, 0.4) is 0 Å². The minimum atomic E-state index is 0.0388. The number of hydrogen-bond acceptors (Lipinski definition) is 4. The van der Waals surface area contributed by atoms with Crippen LogP contribution in [0.4, 0.5) is 0 Å². The van der Waals surface area contributed by atoms with Crippen molar-refractivity contribution < 1.29 is 13.9 Å². The zero-order chi connectivity index (χ0) is 15.7. The van der Waals surface area contributed by atoms with Crippen molar-refractivity contribution >= 4 is 11.0 Å². The van der Waals surface area contributed by atoms with Crippen molar-refractivity contribution in [2.24, 2.45) is 0 Å². The lowest BCUT2D eigenvalue weighted by atomic mass is 9.84. The third kappa shape index (κ3) is 3.03. The second kappa shape index (κ2) is 6.27. The Morgan fingerprint density at radius 3 is 2.83 bits per heavy atom. The SMILES string of the molecule is Cc1c(CN[C@H]2CCOC3(CCOCC3)C2)oc2ccccc12. The van der Waals surface area contributed by atoms with Crippen LogP contribution in [0.5, 0.6) is 0 Å². The highest BCUT2D eigenvalue weighted by Gasteiger charge is 2.38. The van der Waals surface area contributed by atoms with E-state index in [0.29, 0.717) is 6.04 Å². The fourth-order valence-corrected chi connectivity index (χ4v) is 3.92. The minimum absolute atomic E-state index is 0.0388. The number of fused-ring (bicyclic) bond motifs is 1. The van der Waals surface area contributed by atoms with E-state index in [0.717, 1.165) is 63.4 Å². The maximum absolute atomic E-state index is 6.12. The molecule has 1 spiro atoms. The van der Waals surface area contributed by atoms with Crippen molar-refractivity contribution in [1.82, 2.24) is 5.32 Å². The molecule has 0 amide bonds. The molecule has 2 saturated heterocycles. The standard InChI is InChI=1S/C19H25NO3/c1-14-16-4-2-3-5-17(16)23-18(14)13-20-15-6-9-22-19(12-15)7-10-21-11-8-19/h2-5,15,20H,6-13H2,1H3/t15-/m0/s1. The second-order valence-electron chi connectivity index (χ2n) is 6.86. The van der Waals surface area contributed by atoms with E-state index in [2.05, 4.69) is 24.4 Å². The van der Waals surface area contributed by atoms with Crippen LogP contribution in [-0.4, -0.2) is 31.5 Å². The molecule has 2 aromatic rings. The molecule has 0 aliphatic carbocycles. The molecule has 1 aromatic heterocycles.